The van der Waals surface area contributed by atoms with E-state index in [0.717, 1.165) is 109 Å². The first kappa shape index (κ1) is 43.4. The number of anilines is 1. The lowest BCUT2D eigenvalue weighted by molar-refractivity contribution is -0.113. The summed E-state index contributed by atoms with van der Waals surface area (Å²) in [6, 6.07) is 35.8. The van der Waals surface area contributed by atoms with E-state index in [4.69, 9.17) is 9.85 Å². The van der Waals surface area contributed by atoms with Crippen molar-refractivity contribution >= 4 is 111 Å². The Bertz CT molecular complexity index is 2590. The van der Waals surface area contributed by atoms with Crippen LogP contribution in [0, 0.1) is 17.4 Å². The number of fused-ring (bicyclic) bond motifs is 2. The molecule has 6 aromatic rings. The number of hydrogen-bond donors (Lipinski definition) is 1. The summed E-state index contributed by atoms with van der Waals surface area (Å²) in [6.07, 6.45) is 10.6. The minimum Gasteiger partial charge on any atom is -0.506 e. The third-order valence-electron chi connectivity index (χ3n) is 10.6. The van der Waals surface area contributed by atoms with Gasteiger partial charge >= 0.3 is 0 Å². The van der Waals surface area contributed by atoms with Crippen molar-refractivity contribution in [2.45, 2.75) is 65.2 Å². The summed E-state index contributed by atoms with van der Waals surface area (Å²) >= 11 is 9.12. The van der Waals surface area contributed by atoms with Gasteiger partial charge in [0.25, 0.3) is 5.91 Å². The molecule has 0 saturated heterocycles. The highest BCUT2D eigenvalue weighted by molar-refractivity contribution is 14.1. The van der Waals surface area contributed by atoms with E-state index < -0.39 is 0 Å². The van der Waals surface area contributed by atoms with Crippen LogP contribution in [0.15, 0.2) is 139 Å². The van der Waals surface area contributed by atoms with E-state index in [9.17, 15) is 9.90 Å². The molecule has 6 aromatic carbocycles. The van der Waals surface area contributed by atoms with Crippen molar-refractivity contribution in [3.63, 3.8) is 0 Å². The molecular formula is C49H46Br2IN5O3. The molecule has 0 atom stereocenters. The van der Waals surface area contributed by atoms with E-state index >= 15 is 0 Å². The normalized spacial score (nSPS) is 13.4. The zero-order chi connectivity index (χ0) is 42.0. The lowest BCUT2D eigenvalue weighted by Crippen LogP contribution is -2.27. The summed E-state index contributed by atoms with van der Waals surface area (Å²) in [5, 5.41) is 30.5. The minimum absolute atomic E-state index is 0.0205. The van der Waals surface area contributed by atoms with Crippen molar-refractivity contribution in [2.24, 2.45) is 20.5 Å². The van der Waals surface area contributed by atoms with Gasteiger partial charge < -0.3 is 14.7 Å². The van der Waals surface area contributed by atoms with Gasteiger partial charge in [-0.05, 0) is 170 Å². The maximum atomic E-state index is 13.7. The van der Waals surface area contributed by atoms with Crippen molar-refractivity contribution in [3.05, 3.63) is 144 Å². The Balaban J connectivity index is 0.861. The summed E-state index contributed by atoms with van der Waals surface area (Å²) in [5.41, 5.74) is 8.57. The number of carbonyl (C=O) groups is 1. The largest absolute Gasteiger partial charge is 0.506 e. The van der Waals surface area contributed by atoms with Gasteiger partial charge in [0.15, 0.2) is 0 Å². The molecule has 0 fully saturated rings. The first-order valence-electron chi connectivity index (χ1n) is 20.3. The highest BCUT2D eigenvalue weighted by Crippen LogP contribution is 2.41. The molecule has 1 amide bonds. The number of hydrogen-bond acceptors (Lipinski definition) is 7. The van der Waals surface area contributed by atoms with Gasteiger partial charge in [0.05, 0.1) is 38.3 Å². The number of carbonyl (C=O) groups excluding carboxylic acids is 1. The van der Waals surface area contributed by atoms with E-state index in [1.807, 2.05) is 97.6 Å². The smallest absolute Gasteiger partial charge is 0.258 e. The Hall–Kier alpha value is -4.72. The van der Waals surface area contributed by atoms with Crippen molar-refractivity contribution in [1.29, 1.82) is 0 Å². The molecule has 60 heavy (non-hydrogen) atoms. The van der Waals surface area contributed by atoms with Crippen LogP contribution < -0.4 is 9.64 Å². The maximum absolute atomic E-state index is 13.7. The molecule has 1 heterocycles. The zero-order valence-electron chi connectivity index (χ0n) is 33.7. The Kier molecular flexibility index (Phi) is 15.0. The monoisotopic (exact) mass is 1040 g/mol. The molecule has 1 N–H and O–H groups in total. The quantitative estimate of drug-likeness (QED) is 0.0426. The number of phenols is 1. The standard InChI is InChI=1S/C49H46Br2IN5O3/c1-32-15-9-12-18-43(32)54-53-37-21-22-44(33(2)27-37)55-56-47-38-17-11-10-16-35(38)19-24-46(47)60-26-14-8-6-4-3-5-7-13-25-57-45-23-20-36(52)31-39(45)40(49(57)59)28-34-29-41(50)48(58)42(51)30-34/h9-12,15-24,27-31,58H,3-8,13-14,25-26H2,1-2H3/b40-28-,54-53?,56-55?. The highest BCUT2D eigenvalue weighted by atomic mass is 127. The number of amides is 1. The number of unbranched alkanes of at least 4 members (excludes halogenated alkanes) is 7. The number of nitrogens with zero attached hydrogens (tertiary/aromatic N) is 5. The first-order chi connectivity index (χ1) is 29.2. The number of aryl methyl sites for hydroxylation is 2. The second-order valence-corrected chi connectivity index (χ2v) is 17.9. The molecule has 0 aliphatic carbocycles. The number of rotatable bonds is 17. The average molecular weight is 1040 g/mol. The van der Waals surface area contributed by atoms with Crippen LogP contribution in [0.25, 0.3) is 22.4 Å². The number of ether oxygens (including phenoxy) is 1. The van der Waals surface area contributed by atoms with Crippen molar-refractivity contribution in [2.75, 3.05) is 18.1 Å². The summed E-state index contributed by atoms with van der Waals surface area (Å²) in [6.45, 7) is 5.33. The molecule has 7 rings (SSSR count). The van der Waals surface area contributed by atoms with Gasteiger partial charge in [-0.25, -0.2) is 0 Å². The van der Waals surface area contributed by atoms with Crippen molar-refractivity contribution in [1.82, 2.24) is 0 Å². The van der Waals surface area contributed by atoms with Gasteiger partial charge in [0, 0.05) is 26.6 Å². The molecular weight excluding hydrogens is 993 g/mol. The molecule has 0 radical (unpaired) electrons. The average Bonchev–Trinajstić information content (AvgIpc) is 3.49. The molecule has 0 saturated carbocycles. The predicted octanol–water partition coefficient (Wildman–Crippen LogP) is 16.2. The van der Waals surface area contributed by atoms with Crippen molar-refractivity contribution < 1.29 is 14.6 Å². The topological polar surface area (TPSA) is 99.2 Å². The number of azo groups is 2. The molecule has 1 aliphatic heterocycles. The lowest BCUT2D eigenvalue weighted by Gasteiger charge is -2.17. The van der Waals surface area contributed by atoms with Crippen LogP contribution >= 0.6 is 54.5 Å². The molecule has 0 bridgehead atoms. The van der Waals surface area contributed by atoms with Crippen LogP contribution in [0.4, 0.5) is 28.4 Å². The van der Waals surface area contributed by atoms with Crippen LogP contribution in [0.5, 0.6) is 11.5 Å². The van der Waals surface area contributed by atoms with Gasteiger partial charge in [-0.3, -0.25) is 4.79 Å². The number of phenolic OH excluding ortho intramolecular Hbond substituents is 1. The van der Waals surface area contributed by atoms with Crippen molar-refractivity contribution in [3.8, 4) is 11.5 Å². The molecule has 306 valence electrons. The Morgan fingerprint density at radius 3 is 2.15 bits per heavy atom. The predicted molar refractivity (Wildman–Crippen MR) is 260 cm³/mol. The Labute approximate surface area is 382 Å². The van der Waals surface area contributed by atoms with Crippen LogP contribution in [0.1, 0.15) is 73.6 Å². The SMILES string of the molecule is Cc1ccccc1N=Nc1ccc(N=Nc2c(OCCCCCCCCCCN3C(=O)/C(=C\c4cc(Br)c(O)c(Br)c4)c4cc(I)ccc43)ccc3ccccc23)c(C)c1. The van der Waals surface area contributed by atoms with Gasteiger partial charge in [0.1, 0.15) is 17.2 Å². The summed E-state index contributed by atoms with van der Waals surface area (Å²) in [4.78, 5) is 15.6. The second kappa shape index (κ2) is 20.7. The van der Waals surface area contributed by atoms with Crippen LogP contribution in [-0.4, -0.2) is 24.2 Å². The van der Waals surface area contributed by atoms with E-state index in [-0.39, 0.29) is 11.7 Å². The number of aromatic hydroxyl groups is 1. The number of benzene rings is 6. The third kappa shape index (κ3) is 10.8. The van der Waals surface area contributed by atoms with Gasteiger partial charge in [-0.2, -0.15) is 15.3 Å². The Morgan fingerprint density at radius 1 is 0.700 bits per heavy atom. The van der Waals surface area contributed by atoms with Gasteiger partial charge in [-0.1, -0.05) is 87.1 Å². The zero-order valence-corrected chi connectivity index (χ0v) is 39.0. The van der Waals surface area contributed by atoms with Gasteiger partial charge in [-0.15, -0.1) is 5.11 Å². The molecule has 8 nitrogen and oxygen atoms in total. The van der Waals surface area contributed by atoms with Crippen LogP contribution in [-0.2, 0) is 4.79 Å². The molecule has 0 spiro atoms. The summed E-state index contributed by atoms with van der Waals surface area (Å²) in [5.74, 6) is 0.893. The van der Waals surface area contributed by atoms with Gasteiger partial charge in [0.2, 0.25) is 0 Å². The lowest BCUT2D eigenvalue weighted by atomic mass is 10.0. The fourth-order valence-electron chi connectivity index (χ4n) is 7.30. The third-order valence-corrected chi connectivity index (χ3v) is 12.5. The fraction of sp³-hybridized carbons (Fsp3) is 0.245. The molecule has 1 aliphatic rings. The Morgan fingerprint density at radius 2 is 1.38 bits per heavy atom. The molecule has 0 unspecified atom stereocenters. The summed E-state index contributed by atoms with van der Waals surface area (Å²) in [7, 11) is 0. The van der Waals surface area contributed by atoms with Crippen LogP contribution in [0.2, 0.25) is 0 Å². The number of halogens is 3. The first-order valence-corrected chi connectivity index (χ1v) is 23.0. The second-order valence-electron chi connectivity index (χ2n) is 15.0. The van der Waals surface area contributed by atoms with Crippen LogP contribution in [0.3, 0.4) is 0 Å². The van der Waals surface area contributed by atoms with E-state index in [1.165, 1.54) is 12.8 Å². The fourth-order valence-corrected chi connectivity index (χ4v) is 9.01. The van der Waals surface area contributed by atoms with E-state index in [1.54, 1.807) is 0 Å². The molecule has 0 aromatic heterocycles. The van der Waals surface area contributed by atoms with E-state index in [2.05, 4.69) is 106 Å². The van der Waals surface area contributed by atoms with E-state index in [0.29, 0.717) is 27.7 Å². The maximum Gasteiger partial charge on any atom is 0.258 e. The molecule has 11 heteroatoms. The summed E-state index contributed by atoms with van der Waals surface area (Å²) < 4.78 is 8.57. The highest BCUT2D eigenvalue weighted by Gasteiger charge is 2.32. The minimum atomic E-state index is 0.0205.